The first-order valence-electron chi connectivity index (χ1n) is 10.9. The van der Waals surface area contributed by atoms with Gasteiger partial charge in [0.05, 0.1) is 11.2 Å². The van der Waals surface area contributed by atoms with Gasteiger partial charge in [0.15, 0.2) is 0 Å². The Bertz CT molecular complexity index is 963. The molecule has 10 radical (unpaired) electrons. The standard InChI is InChI=1S/C24H17F3O2P.C5H5.Fe/c25-24(26,27)19-16-14-18(15-17-19)22-12-7-13-23(22)30(28-20-8-3-1-4-9-20)29-21-10-5-2-6-11-21;1-2-4-5-3-1;/h1-17H;1-5H;/q;;+2. The van der Waals surface area contributed by atoms with Crippen LogP contribution in [0.15, 0.2) is 84.9 Å². The fraction of sp³-hybridized carbons (Fsp3) is 0.0345. The molecular weight excluding hydrogens is 524 g/mol. The van der Waals surface area contributed by atoms with Crippen molar-refractivity contribution in [2.75, 3.05) is 0 Å². The monoisotopic (exact) mass is 546 g/mol. The van der Waals surface area contributed by atoms with Gasteiger partial charge in [-0.25, -0.2) is 0 Å². The van der Waals surface area contributed by atoms with Crippen LogP contribution in [-0.2, 0) is 23.2 Å². The topological polar surface area (TPSA) is 18.5 Å². The van der Waals surface area contributed by atoms with Crippen molar-refractivity contribution in [3.63, 3.8) is 0 Å². The van der Waals surface area contributed by atoms with Crippen LogP contribution in [0.3, 0.4) is 0 Å². The summed E-state index contributed by atoms with van der Waals surface area (Å²) >= 11 is 0. The maximum absolute atomic E-state index is 12.9. The zero-order chi connectivity index (χ0) is 24.5. The summed E-state index contributed by atoms with van der Waals surface area (Å²) in [5.74, 6) is 2.08. The summed E-state index contributed by atoms with van der Waals surface area (Å²) in [7, 11) is -1.57. The Labute approximate surface area is 224 Å². The van der Waals surface area contributed by atoms with E-state index in [1.165, 1.54) is 12.1 Å². The molecule has 2 fully saturated rings. The van der Waals surface area contributed by atoms with E-state index in [0.717, 1.165) is 23.7 Å². The Balaban J connectivity index is 0.000000538. The van der Waals surface area contributed by atoms with Gasteiger partial charge in [-0.1, -0.05) is 48.5 Å². The molecule has 0 heterocycles. The number of hydrogen-bond acceptors (Lipinski definition) is 2. The molecule has 3 aromatic rings. The van der Waals surface area contributed by atoms with Gasteiger partial charge in [0.1, 0.15) is 11.5 Å². The second-order valence-electron chi connectivity index (χ2n) is 7.43. The third-order valence-electron chi connectivity index (χ3n) is 4.93. The van der Waals surface area contributed by atoms with Crippen LogP contribution in [0.25, 0.3) is 0 Å². The van der Waals surface area contributed by atoms with Crippen molar-refractivity contribution in [3.05, 3.63) is 159 Å². The van der Waals surface area contributed by atoms with Gasteiger partial charge in [0, 0.05) is 5.92 Å². The molecule has 0 aromatic heterocycles. The van der Waals surface area contributed by atoms with Gasteiger partial charge in [-0.2, -0.15) is 13.2 Å². The van der Waals surface area contributed by atoms with Crippen LogP contribution in [-0.4, -0.2) is 0 Å². The van der Waals surface area contributed by atoms with E-state index < -0.39 is 20.1 Å². The molecular formula is C29H22F3FeO2P+2. The number of halogens is 3. The first-order chi connectivity index (χ1) is 17.0. The van der Waals surface area contributed by atoms with Crippen LogP contribution in [0.4, 0.5) is 13.2 Å². The van der Waals surface area contributed by atoms with E-state index in [4.69, 9.17) is 9.05 Å². The number of hydrogen-bond donors (Lipinski definition) is 0. The molecule has 36 heavy (non-hydrogen) atoms. The van der Waals surface area contributed by atoms with E-state index in [9.17, 15) is 13.2 Å². The minimum Gasteiger partial charge on any atom is -0.438 e. The Morgan fingerprint density at radius 3 is 1.47 bits per heavy atom. The summed E-state index contributed by atoms with van der Waals surface area (Å²) in [5, 5.41) is 0. The summed E-state index contributed by atoms with van der Waals surface area (Å²) in [6, 6.07) is 23.7. The Hall–Kier alpha value is -2.00. The molecule has 2 nitrogen and oxygen atoms in total. The van der Waals surface area contributed by atoms with Gasteiger partial charge in [-0.05, 0) is 93.3 Å². The number of benzene rings is 3. The second-order valence-corrected chi connectivity index (χ2v) is 8.79. The Morgan fingerprint density at radius 1 is 0.556 bits per heavy atom. The summed E-state index contributed by atoms with van der Waals surface area (Å²) in [6.45, 7) is 0. The molecule has 0 spiro atoms. The van der Waals surface area contributed by atoms with Gasteiger partial charge >= 0.3 is 23.2 Å². The molecule has 2 aliphatic rings. The number of alkyl halides is 3. The van der Waals surface area contributed by atoms with Gasteiger partial charge in [-0.15, -0.1) is 0 Å². The first kappa shape index (κ1) is 28.6. The molecule has 0 aliphatic heterocycles. The average Bonchev–Trinajstić information content (AvgIpc) is 3.60. The molecule has 2 saturated carbocycles. The van der Waals surface area contributed by atoms with Crippen molar-refractivity contribution in [1.29, 1.82) is 0 Å². The molecule has 0 bridgehead atoms. The molecule has 2 aliphatic carbocycles. The van der Waals surface area contributed by atoms with E-state index in [0.29, 0.717) is 17.1 Å². The predicted octanol–water partition coefficient (Wildman–Crippen LogP) is 8.28. The molecule has 3 aromatic carbocycles. The fourth-order valence-electron chi connectivity index (χ4n) is 3.24. The van der Waals surface area contributed by atoms with Gasteiger partial charge in [0.2, 0.25) is 0 Å². The molecule has 7 heteroatoms. The van der Waals surface area contributed by atoms with E-state index in [1.54, 1.807) is 0 Å². The van der Waals surface area contributed by atoms with Crippen LogP contribution in [0, 0.1) is 62.9 Å². The van der Waals surface area contributed by atoms with Crippen molar-refractivity contribution < 1.29 is 39.3 Å². The van der Waals surface area contributed by atoms with Crippen molar-refractivity contribution in [2.24, 2.45) is 0 Å². The van der Waals surface area contributed by atoms with Crippen LogP contribution in [0.2, 0.25) is 0 Å². The zero-order valence-corrected chi connectivity index (χ0v) is 21.0. The van der Waals surface area contributed by atoms with Gasteiger partial charge in [0.25, 0.3) is 8.38 Å². The second kappa shape index (κ2) is 14.1. The van der Waals surface area contributed by atoms with Crippen molar-refractivity contribution in [3.8, 4) is 11.5 Å². The first-order valence-corrected chi connectivity index (χ1v) is 12.0. The Kier molecular flexibility index (Phi) is 11.2. The third-order valence-corrected chi connectivity index (χ3v) is 6.47. The normalized spacial score (nSPS) is 16.2. The average molecular weight is 546 g/mol. The van der Waals surface area contributed by atoms with E-state index >= 15 is 0 Å². The van der Waals surface area contributed by atoms with Crippen LogP contribution in [0.5, 0.6) is 11.5 Å². The van der Waals surface area contributed by atoms with Gasteiger partial charge in [-0.3, -0.25) is 0 Å². The minimum absolute atomic E-state index is 0. The third kappa shape index (κ3) is 8.26. The van der Waals surface area contributed by atoms with Crippen LogP contribution in [0.1, 0.15) is 11.1 Å². The molecule has 0 saturated heterocycles. The summed E-state index contributed by atoms with van der Waals surface area (Å²) < 4.78 is 51.1. The molecule has 0 atom stereocenters. The maximum atomic E-state index is 12.9. The van der Waals surface area contributed by atoms with Crippen LogP contribution < -0.4 is 9.05 Å². The SMILES string of the molecule is FC(F)(F)c1ccc([C]2[CH][CH][CH][C]2P(Oc2ccccc2)Oc2ccccc2)cc1.[CH]1[CH][CH][CH][CH]1.[Fe+2]. The Morgan fingerprint density at radius 2 is 1.03 bits per heavy atom. The molecule has 5 rings (SSSR count). The smallest absolute Gasteiger partial charge is 0.438 e. The van der Waals surface area contributed by atoms with Gasteiger partial charge < -0.3 is 9.05 Å². The molecule has 182 valence electrons. The fourth-order valence-corrected chi connectivity index (χ4v) is 4.71. The van der Waals surface area contributed by atoms with Crippen molar-refractivity contribution in [1.82, 2.24) is 0 Å². The van der Waals surface area contributed by atoms with Crippen molar-refractivity contribution >= 4 is 8.38 Å². The minimum atomic E-state index is -4.37. The summed E-state index contributed by atoms with van der Waals surface area (Å²) in [5.41, 5.74) is 0.781. The quantitative estimate of drug-likeness (QED) is 0.229. The summed E-state index contributed by atoms with van der Waals surface area (Å²) in [6.07, 6.45) is 11.2. The van der Waals surface area contributed by atoms with Crippen LogP contribution >= 0.6 is 8.38 Å². The zero-order valence-electron chi connectivity index (χ0n) is 19.0. The van der Waals surface area contributed by atoms with Crippen molar-refractivity contribution in [2.45, 2.75) is 6.18 Å². The number of rotatable bonds is 6. The molecule has 0 unspecified atom stereocenters. The summed E-state index contributed by atoms with van der Waals surface area (Å²) in [4.78, 5) is 0. The molecule has 0 amide bonds. The van der Waals surface area contributed by atoms with E-state index in [2.05, 4.69) is 0 Å². The van der Waals surface area contributed by atoms with E-state index in [1.807, 2.05) is 112 Å². The largest absolute Gasteiger partial charge is 2.00 e. The molecule has 0 N–H and O–H groups in total. The predicted molar refractivity (Wildman–Crippen MR) is 132 cm³/mol. The van der Waals surface area contributed by atoms with E-state index in [-0.39, 0.29) is 17.1 Å². The number of para-hydroxylation sites is 2. The maximum Gasteiger partial charge on any atom is 2.00 e.